The molecule has 6 heteroatoms. The molecule has 0 aliphatic rings. The zero-order valence-corrected chi connectivity index (χ0v) is 14.5. The Kier molecular flexibility index (Phi) is 8.37. The Labute approximate surface area is 133 Å². The molecular formula is C16H24NO4P. The lowest BCUT2D eigenvalue weighted by Gasteiger charge is -2.23. The maximum Gasteiger partial charge on any atom is 0.475 e. The first-order valence-corrected chi connectivity index (χ1v) is 9.00. The molecular weight excluding hydrogens is 302 g/mol. The third kappa shape index (κ3) is 6.29. The van der Waals surface area contributed by atoms with Crippen molar-refractivity contribution in [2.24, 2.45) is 5.92 Å². The van der Waals surface area contributed by atoms with E-state index < -0.39 is 13.9 Å². The number of rotatable bonds is 8. The SMILES string of the molecule is CCOP(=[17O])(OCC)OC(C#Cc1ccccn1)C(C)CC. The van der Waals surface area contributed by atoms with E-state index in [1.54, 1.807) is 20.0 Å². The van der Waals surface area contributed by atoms with Gasteiger partial charge < -0.3 is 0 Å². The summed E-state index contributed by atoms with van der Waals surface area (Å²) >= 11 is 0. The molecule has 0 aliphatic carbocycles. The van der Waals surface area contributed by atoms with Gasteiger partial charge in [0.15, 0.2) is 0 Å². The van der Waals surface area contributed by atoms with Gasteiger partial charge in [-0.15, -0.1) is 0 Å². The van der Waals surface area contributed by atoms with E-state index in [1.807, 2.05) is 32.0 Å². The van der Waals surface area contributed by atoms with Crippen molar-refractivity contribution < 1.29 is 18.1 Å². The van der Waals surface area contributed by atoms with Crippen LogP contribution < -0.4 is 0 Å². The largest absolute Gasteiger partial charge is 0.475 e. The van der Waals surface area contributed by atoms with E-state index in [2.05, 4.69) is 16.8 Å². The molecule has 1 aromatic heterocycles. The summed E-state index contributed by atoms with van der Waals surface area (Å²) in [6.07, 6.45) is 1.96. The fourth-order valence-corrected chi connectivity index (χ4v) is 2.99. The average Bonchev–Trinajstić information content (AvgIpc) is 2.52. The molecule has 1 aromatic rings. The zero-order chi connectivity index (χ0) is 16.4. The predicted octanol–water partition coefficient (Wildman–Crippen LogP) is 4.05. The number of phosphoric acid groups is 1. The number of phosphoric ester groups is 1. The van der Waals surface area contributed by atoms with Crippen LogP contribution in [0, 0.1) is 17.8 Å². The highest BCUT2D eigenvalue weighted by molar-refractivity contribution is 7.48. The molecule has 5 nitrogen and oxygen atoms in total. The second-order valence-corrected chi connectivity index (χ2v) is 6.30. The van der Waals surface area contributed by atoms with Gasteiger partial charge in [-0.25, -0.2) is 9.55 Å². The summed E-state index contributed by atoms with van der Waals surface area (Å²) in [5.41, 5.74) is 0.641. The minimum atomic E-state index is -3.59. The monoisotopic (exact) mass is 326 g/mol. The number of nitrogens with zero attached hydrogens (tertiary/aromatic N) is 1. The van der Waals surface area contributed by atoms with Crippen LogP contribution in [-0.4, -0.2) is 24.3 Å². The topological polar surface area (TPSA) is 57.7 Å². The maximum atomic E-state index is 12.5. The van der Waals surface area contributed by atoms with Crippen molar-refractivity contribution in [2.75, 3.05) is 13.2 Å². The Bertz CT molecular complexity index is 528. The molecule has 1 rings (SSSR count). The zero-order valence-electron chi connectivity index (χ0n) is 13.6. The summed E-state index contributed by atoms with van der Waals surface area (Å²) in [5.74, 6) is 6.03. The number of aromatic nitrogens is 1. The van der Waals surface area contributed by atoms with Gasteiger partial charge in [-0.1, -0.05) is 32.3 Å². The summed E-state index contributed by atoms with van der Waals surface area (Å²) in [7, 11) is -3.59. The summed E-state index contributed by atoms with van der Waals surface area (Å²) in [6.45, 7) is 7.99. The average molecular weight is 326 g/mol. The van der Waals surface area contributed by atoms with Crippen LogP contribution in [0.25, 0.3) is 0 Å². The second-order valence-electron chi connectivity index (χ2n) is 4.68. The van der Waals surface area contributed by atoms with Crippen LogP contribution in [0.15, 0.2) is 24.4 Å². The van der Waals surface area contributed by atoms with Gasteiger partial charge in [0.1, 0.15) is 11.8 Å². The van der Waals surface area contributed by atoms with E-state index in [0.29, 0.717) is 5.69 Å². The molecule has 2 unspecified atom stereocenters. The van der Waals surface area contributed by atoms with Crippen molar-refractivity contribution >= 4 is 7.82 Å². The summed E-state index contributed by atoms with van der Waals surface area (Å²) in [5, 5.41) is 0. The summed E-state index contributed by atoms with van der Waals surface area (Å²) < 4.78 is 28.5. The second kappa shape index (κ2) is 9.76. The quantitative estimate of drug-likeness (QED) is 0.533. The Balaban J connectivity index is 2.94. The molecule has 122 valence electrons. The molecule has 0 bridgehead atoms. The van der Waals surface area contributed by atoms with E-state index in [9.17, 15) is 4.57 Å². The number of hydrogen-bond acceptors (Lipinski definition) is 5. The highest BCUT2D eigenvalue weighted by atomic mass is 31.2. The standard InChI is InChI=1S/C16H24NO4P/c1-5-14(4)16(12-11-15-10-8-9-13-17-15)21-22(18,19-6-2)20-7-3/h8-10,13-14,16H,5-7H2,1-4H3/i18+1. The highest BCUT2D eigenvalue weighted by Crippen LogP contribution is 2.51. The van der Waals surface area contributed by atoms with E-state index in [-0.39, 0.29) is 19.1 Å². The van der Waals surface area contributed by atoms with Crippen LogP contribution in [-0.2, 0) is 18.1 Å². The van der Waals surface area contributed by atoms with E-state index in [0.717, 1.165) is 6.42 Å². The minimum Gasteiger partial charge on any atom is -0.287 e. The Hall–Kier alpha value is -1.18. The summed E-state index contributed by atoms with van der Waals surface area (Å²) in [4.78, 5) is 4.14. The Morgan fingerprint density at radius 3 is 2.41 bits per heavy atom. The van der Waals surface area contributed by atoms with Crippen molar-refractivity contribution in [2.45, 2.75) is 40.2 Å². The van der Waals surface area contributed by atoms with Gasteiger partial charge in [0.2, 0.25) is 0 Å². The Morgan fingerprint density at radius 1 is 1.23 bits per heavy atom. The lowest BCUT2D eigenvalue weighted by Crippen LogP contribution is -2.20. The van der Waals surface area contributed by atoms with Crippen LogP contribution >= 0.6 is 7.82 Å². The maximum absolute atomic E-state index is 12.5. The van der Waals surface area contributed by atoms with Gasteiger partial charge >= 0.3 is 7.82 Å². The van der Waals surface area contributed by atoms with Crippen LogP contribution in [0.2, 0.25) is 0 Å². The van der Waals surface area contributed by atoms with E-state index >= 15 is 0 Å². The molecule has 22 heavy (non-hydrogen) atoms. The summed E-state index contributed by atoms with van der Waals surface area (Å²) in [6, 6.07) is 5.50. The molecule has 2 atom stereocenters. The van der Waals surface area contributed by atoms with Crippen molar-refractivity contribution in [1.82, 2.24) is 4.98 Å². The van der Waals surface area contributed by atoms with E-state index in [1.165, 1.54) is 0 Å². The fraction of sp³-hybridized carbons (Fsp3) is 0.562. The van der Waals surface area contributed by atoms with Gasteiger partial charge in [-0.2, -0.15) is 0 Å². The third-order valence-corrected chi connectivity index (χ3v) is 4.62. The lowest BCUT2D eigenvalue weighted by atomic mass is 10.0. The molecule has 0 radical (unpaired) electrons. The van der Waals surface area contributed by atoms with Crippen LogP contribution in [0.4, 0.5) is 0 Å². The fourth-order valence-electron chi connectivity index (χ4n) is 1.62. The lowest BCUT2D eigenvalue weighted by molar-refractivity contribution is 0.0836. The first kappa shape index (κ1) is 18.9. The first-order valence-electron chi connectivity index (χ1n) is 7.54. The van der Waals surface area contributed by atoms with Crippen LogP contribution in [0.3, 0.4) is 0 Å². The van der Waals surface area contributed by atoms with Crippen molar-refractivity contribution in [3.05, 3.63) is 30.1 Å². The molecule has 0 saturated carbocycles. The van der Waals surface area contributed by atoms with Crippen molar-refractivity contribution in [3.63, 3.8) is 0 Å². The van der Waals surface area contributed by atoms with Gasteiger partial charge in [0, 0.05) is 6.20 Å². The molecule has 1 heterocycles. The number of hydrogen-bond donors (Lipinski definition) is 0. The van der Waals surface area contributed by atoms with E-state index in [4.69, 9.17) is 13.6 Å². The van der Waals surface area contributed by atoms with Crippen LogP contribution in [0.1, 0.15) is 39.8 Å². The molecule has 0 N–H and O–H groups in total. The van der Waals surface area contributed by atoms with Crippen molar-refractivity contribution in [3.8, 4) is 11.8 Å². The molecule has 0 aliphatic heterocycles. The molecule has 0 saturated heterocycles. The van der Waals surface area contributed by atoms with Gasteiger partial charge in [-0.3, -0.25) is 13.6 Å². The Morgan fingerprint density at radius 2 is 1.91 bits per heavy atom. The van der Waals surface area contributed by atoms with Crippen molar-refractivity contribution in [1.29, 1.82) is 0 Å². The molecule has 0 spiro atoms. The highest BCUT2D eigenvalue weighted by Gasteiger charge is 2.31. The normalized spacial score (nSPS) is 14.0. The molecule has 0 aromatic carbocycles. The predicted molar refractivity (Wildman–Crippen MR) is 86.3 cm³/mol. The first-order chi connectivity index (χ1) is 10.5. The minimum absolute atomic E-state index is 0.0884. The molecule has 0 amide bonds. The molecule has 0 fully saturated rings. The van der Waals surface area contributed by atoms with Crippen LogP contribution in [0.5, 0.6) is 0 Å². The third-order valence-electron chi connectivity index (χ3n) is 2.99. The van der Waals surface area contributed by atoms with Gasteiger partial charge in [0.05, 0.1) is 13.2 Å². The number of pyridine rings is 1. The smallest absolute Gasteiger partial charge is 0.287 e. The van der Waals surface area contributed by atoms with Gasteiger partial charge in [-0.05, 0) is 37.8 Å². The van der Waals surface area contributed by atoms with Gasteiger partial charge in [0.25, 0.3) is 0 Å².